The van der Waals surface area contributed by atoms with E-state index in [0.717, 1.165) is 12.8 Å². The van der Waals surface area contributed by atoms with E-state index in [9.17, 15) is 9.59 Å². The number of nitrogens with one attached hydrogen (secondary N) is 1. The van der Waals surface area contributed by atoms with Gasteiger partial charge in [-0.05, 0) is 6.42 Å². The number of carbonyl (C=O) groups excluding carboxylic acids is 1. The van der Waals surface area contributed by atoms with Crippen molar-refractivity contribution in [1.29, 1.82) is 0 Å². The molecule has 0 aromatic heterocycles. The zero-order valence-corrected chi connectivity index (χ0v) is 8.30. The van der Waals surface area contributed by atoms with Crippen molar-refractivity contribution in [2.45, 2.75) is 32.2 Å². The number of carboxylic acids is 1. The van der Waals surface area contributed by atoms with Crippen molar-refractivity contribution in [3.8, 4) is 0 Å². The van der Waals surface area contributed by atoms with Crippen molar-refractivity contribution in [2.24, 2.45) is 0 Å². The van der Waals surface area contributed by atoms with Gasteiger partial charge in [0.1, 0.15) is 11.9 Å². The molecule has 0 aromatic rings. The number of rotatable bonds is 6. The molecule has 0 aliphatic heterocycles. The van der Waals surface area contributed by atoms with Crippen molar-refractivity contribution in [1.82, 2.24) is 5.32 Å². The summed E-state index contributed by atoms with van der Waals surface area (Å²) in [6.45, 7) is 1.96. The highest BCUT2D eigenvalue weighted by Gasteiger charge is 2.18. The molecule has 0 fully saturated rings. The number of halogens is 1. The van der Waals surface area contributed by atoms with E-state index >= 15 is 0 Å². The zero-order chi connectivity index (χ0) is 10.3. The maximum absolute atomic E-state index is 10.8. The molecule has 5 heteroatoms. The molecule has 1 atom stereocenters. The number of amides is 1. The first-order valence-electron chi connectivity index (χ1n) is 4.20. The van der Waals surface area contributed by atoms with Crippen molar-refractivity contribution in [2.75, 3.05) is 5.88 Å². The van der Waals surface area contributed by atoms with Gasteiger partial charge in [0.05, 0.1) is 0 Å². The molecular formula is C8H14ClNO3. The lowest BCUT2D eigenvalue weighted by Gasteiger charge is -2.12. The van der Waals surface area contributed by atoms with Gasteiger partial charge in [-0.3, -0.25) is 4.79 Å². The van der Waals surface area contributed by atoms with Gasteiger partial charge in [0.2, 0.25) is 5.91 Å². The standard InChI is InChI=1S/C8H14ClNO3/c1-2-3-4-6(8(12)13)10-7(11)5-9/h6H,2-5H2,1H3,(H,10,11)(H,12,13). The van der Waals surface area contributed by atoms with Gasteiger partial charge in [0, 0.05) is 0 Å². The van der Waals surface area contributed by atoms with Gasteiger partial charge in [-0.2, -0.15) is 0 Å². The van der Waals surface area contributed by atoms with Crippen LogP contribution in [0.4, 0.5) is 0 Å². The molecule has 1 unspecified atom stereocenters. The largest absolute Gasteiger partial charge is 0.480 e. The van der Waals surface area contributed by atoms with E-state index in [1.54, 1.807) is 0 Å². The first-order valence-corrected chi connectivity index (χ1v) is 4.73. The average Bonchev–Trinajstić information content (AvgIpc) is 2.11. The molecule has 0 spiro atoms. The summed E-state index contributed by atoms with van der Waals surface area (Å²) in [6.07, 6.45) is 2.13. The number of carbonyl (C=O) groups is 2. The third kappa shape index (κ3) is 5.47. The fourth-order valence-corrected chi connectivity index (χ4v) is 0.976. The van der Waals surface area contributed by atoms with Crippen molar-refractivity contribution in [3.63, 3.8) is 0 Å². The number of aliphatic carboxylic acids is 1. The minimum absolute atomic E-state index is 0.199. The van der Waals surface area contributed by atoms with Crippen LogP contribution < -0.4 is 5.32 Å². The van der Waals surface area contributed by atoms with E-state index in [2.05, 4.69) is 5.32 Å². The summed E-state index contributed by atoms with van der Waals surface area (Å²) in [5.74, 6) is -1.65. The van der Waals surface area contributed by atoms with E-state index < -0.39 is 17.9 Å². The molecule has 0 bridgehead atoms. The number of carboxylic acid groups (broad SMARTS) is 1. The topological polar surface area (TPSA) is 66.4 Å². The Morgan fingerprint density at radius 1 is 1.54 bits per heavy atom. The maximum Gasteiger partial charge on any atom is 0.326 e. The molecule has 0 aromatic carbocycles. The SMILES string of the molecule is CCCCC(NC(=O)CCl)C(=O)O. The van der Waals surface area contributed by atoms with Crippen LogP contribution in [-0.4, -0.2) is 28.9 Å². The Morgan fingerprint density at radius 3 is 2.54 bits per heavy atom. The van der Waals surface area contributed by atoms with Crippen molar-refractivity contribution in [3.05, 3.63) is 0 Å². The molecule has 1 amide bonds. The van der Waals surface area contributed by atoms with Crippen LogP contribution in [0.3, 0.4) is 0 Å². The molecule has 0 aliphatic rings. The quantitative estimate of drug-likeness (QED) is 0.639. The molecule has 2 N–H and O–H groups in total. The highest BCUT2D eigenvalue weighted by Crippen LogP contribution is 2.00. The smallest absolute Gasteiger partial charge is 0.326 e. The van der Waals surface area contributed by atoms with Crippen LogP contribution in [-0.2, 0) is 9.59 Å². The number of alkyl halides is 1. The van der Waals surface area contributed by atoms with Crippen molar-refractivity contribution >= 4 is 23.5 Å². The van der Waals surface area contributed by atoms with E-state index in [-0.39, 0.29) is 5.88 Å². The Labute approximate surface area is 82.3 Å². The summed E-state index contributed by atoms with van der Waals surface area (Å²) < 4.78 is 0. The molecule has 0 heterocycles. The Morgan fingerprint density at radius 2 is 2.15 bits per heavy atom. The van der Waals surface area contributed by atoms with E-state index in [1.165, 1.54) is 0 Å². The summed E-state index contributed by atoms with van der Waals surface area (Å²) in [7, 11) is 0. The number of unbranched alkanes of at least 4 members (excludes halogenated alkanes) is 1. The highest BCUT2D eigenvalue weighted by atomic mass is 35.5. The lowest BCUT2D eigenvalue weighted by Crippen LogP contribution is -2.41. The Hall–Kier alpha value is -0.770. The highest BCUT2D eigenvalue weighted by molar-refractivity contribution is 6.27. The molecule has 4 nitrogen and oxygen atoms in total. The first-order chi connectivity index (χ1) is 6.11. The van der Waals surface area contributed by atoms with Gasteiger partial charge in [0.25, 0.3) is 0 Å². The van der Waals surface area contributed by atoms with E-state index in [0.29, 0.717) is 6.42 Å². The van der Waals surface area contributed by atoms with Crippen LogP contribution in [0, 0.1) is 0 Å². The van der Waals surface area contributed by atoms with Gasteiger partial charge < -0.3 is 10.4 Å². The number of hydrogen-bond donors (Lipinski definition) is 2. The molecule has 76 valence electrons. The fraction of sp³-hybridized carbons (Fsp3) is 0.750. The molecule has 0 aliphatic carbocycles. The monoisotopic (exact) mass is 207 g/mol. The van der Waals surface area contributed by atoms with Crippen LogP contribution in [0.5, 0.6) is 0 Å². The molecule has 0 saturated heterocycles. The minimum Gasteiger partial charge on any atom is -0.480 e. The van der Waals surface area contributed by atoms with Crippen LogP contribution >= 0.6 is 11.6 Å². The van der Waals surface area contributed by atoms with E-state index in [4.69, 9.17) is 16.7 Å². The van der Waals surface area contributed by atoms with Crippen molar-refractivity contribution < 1.29 is 14.7 Å². The molecule has 0 saturated carbocycles. The second kappa shape index (κ2) is 6.71. The lowest BCUT2D eigenvalue weighted by molar-refractivity contribution is -0.141. The van der Waals surface area contributed by atoms with Crippen LogP contribution in [0.15, 0.2) is 0 Å². The maximum atomic E-state index is 10.8. The second-order valence-corrected chi connectivity index (χ2v) is 3.00. The van der Waals surface area contributed by atoms with E-state index in [1.807, 2.05) is 6.92 Å². The third-order valence-corrected chi connectivity index (χ3v) is 1.84. The molecule has 0 rings (SSSR count). The van der Waals surface area contributed by atoms with Gasteiger partial charge >= 0.3 is 5.97 Å². The predicted octanol–water partition coefficient (Wildman–Crippen LogP) is 0.985. The molecule has 13 heavy (non-hydrogen) atoms. The Balaban J connectivity index is 3.94. The first kappa shape index (κ1) is 12.2. The van der Waals surface area contributed by atoms with Gasteiger partial charge in [-0.15, -0.1) is 11.6 Å². The lowest BCUT2D eigenvalue weighted by atomic mass is 10.1. The van der Waals surface area contributed by atoms with Gasteiger partial charge in [-0.25, -0.2) is 4.79 Å². The predicted molar refractivity (Wildman–Crippen MR) is 49.8 cm³/mol. The number of hydrogen-bond acceptors (Lipinski definition) is 2. The zero-order valence-electron chi connectivity index (χ0n) is 7.55. The summed E-state index contributed by atoms with van der Waals surface area (Å²) in [5.41, 5.74) is 0. The van der Waals surface area contributed by atoms with Crippen LogP contribution in [0.25, 0.3) is 0 Å². The Kier molecular flexibility index (Phi) is 6.32. The normalized spacial score (nSPS) is 12.2. The molecule has 0 radical (unpaired) electrons. The van der Waals surface area contributed by atoms with Gasteiger partial charge in [-0.1, -0.05) is 19.8 Å². The third-order valence-electron chi connectivity index (χ3n) is 1.60. The summed E-state index contributed by atoms with van der Waals surface area (Å²) in [5, 5.41) is 11.0. The van der Waals surface area contributed by atoms with Gasteiger partial charge in [0.15, 0.2) is 0 Å². The van der Waals surface area contributed by atoms with Crippen LogP contribution in [0.1, 0.15) is 26.2 Å². The second-order valence-electron chi connectivity index (χ2n) is 2.73. The minimum atomic E-state index is -1.01. The fourth-order valence-electron chi connectivity index (χ4n) is 0.899. The molecular weight excluding hydrogens is 194 g/mol. The summed E-state index contributed by atoms with van der Waals surface area (Å²) >= 11 is 5.23. The summed E-state index contributed by atoms with van der Waals surface area (Å²) in [4.78, 5) is 21.4. The average molecular weight is 208 g/mol. The summed E-state index contributed by atoms with van der Waals surface area (Å²) in [6, 6.07) is -0.800. The van der Waals surface area contributed by atoms with Crippen LogP contribution in [0.2, 0.25) is 0 Å². The Bertz CT molecular complexity index is 184.